The van der Waals surface area contributed by atoms with Crippen molar-refractivity contribution in [1.82, 2.24) is 24.8 Å². The second-order valence-corrected chi connectivity index (χ2v) is 9.21. The van der Waals surface area contributed by atoms with Gasteiger partial charge in [0, 0.05) is 62.8 Å². The van der Waals surface area contributed by atoms with Crippen LogP contribution >= 0.6 is 0 Å². The van der Waals surface area contributed by atoms with Crippen molar-refractivity contribution < 1.29 is 4.74 Å². The molecule has 5 rings (SSSR count). The summed E-state index contributed by atoms with van der Waals surface area (Å²) in [6, 6.07) is 3.09. The Morgan fingerprint density at radius 3 is 2.50 bits per heavy atom. The molecule has 2 saturated heterocycles. The van der Waals surface area contributed by atoms with E-state index in [9.17, 15) is 0 Å². The summed E-state index contributed by atoms with van der Waals surface area (Å²) >= 11 is 0. The van der Waals surface area contributed by atoms with Crippen molar-refractivity contribution >= 4 is 17.7 Å². The molecular formula is C23H34N8O. The number of rotatable bonds is 5. The first kappa shape index (κ1) is 21.3. The van der Waals surface area contributed by atoms with Crippen LogP contribution in [0.5, 0.6) is 0 Å². The maximum atomic E-state index is 5.98. The molecule has 4 heterocycles. The molecule has 1 aliphatic carbocycles. The van der Waals surface area contributed by atoms with E-state index in [4.69, 9.17) is 20.4 Å². The lowest BCUT2D eigenvalue weighted by molar-refractivity contribution is 0.0204. The average Bonchev–Trinajstić information content (AvgIpc) is 2.79. The van der Waals surface area contributed by atoms with Crippen LogP contribution in [0.15, 0.2) is 18.5 Å². The number of nitrogen functional groups attached to an aromatic ring is 1. The standard InChI is InChI=1S/C23H34N8O/c1-3-19-14-31(16(2)15-32-19)21-11-20(17-12-25-22(24)26-13-17)27-23(28-21)30-9-7-29(8-10-30)18-5-4-6-18/h11-13,16,18-19H,3-10,14-15H2,1-2H3,(H2,24,25,26)/t16-,19-/m0/s1. The van der Waals surface area contributed by atoms with Crippen molar-refractivity contribution in [2.75, 3.05) is 54.9 Å². The van der Waals surface area contributed by atoms with E-state index >= 15 is 0 Å². The predicted molar refractivity (Wildman–Crippen MR) is 126 cm³/mol. The zero-order chi connectivity index (χ0) is 22.1. The maximum absolute atomic E-state index is 5.98. The minimum absolute atomic E-state index is 0.221. The monoisotopic (exact) mass is 438 g/mol. The van der Waals surface area contributed by atoms with E-state index in [1.165, 1.54) is 19.3 Å². The van der Waals surface area contributed by atoms with Crippen molar-refractivity contribution in [2.24, 2.45) is 0 Å². The topological polar surface area (TPSA) is 96.5 Å². The Labute approximate surface area is 190 Å². The van der Waals surface area contributed by atoms with Gasteiger partial charge in [0.05, 0.1) is 24.4 Å². The SMILES string of the molecule is CC[C@H]1CN(c2cc(-c3cnc(N)nc3)nc(N3CCN(C4CCC4)CC3)n2)[C@@H](C)CO1. The summed E-state index contributed by atoms with van der Waals surface area (Å²) in [4.78, 5) is 25.7. The van der Waals surface area contributed by atoms with E-state index in [0.717, 1.165) is 68.2 Å². The van der Waals surface area contributed by atoms with Gasteiger partial charge in [-0.2, -0.15) is 4.98 Å². The highest BCUT2D eigenvalue weighted by atomic mass is 16.5. The summed E-state index contributed by atoms with van der Waals surface area (Å²) in [5.41, 5.74) is 7.39. The molecule has 0 spiro atoms. The molecule has 32 heavy (non-hydrogen) atoms. The lowest BCUT2D eigenvalue weighted by atomic mass is 9.91. The predicted octanol–water partition coefficient (Wildman–Crippen LogP) is 2.19. The molecule has 0 unspecified atom stereocenters. The van der Waals surface area contributed by atoms with Gasteiger partial charge < -0.3 is 20.3 Å². The molecule has 0 amide bonds. The van der Waals surface area contributed by atoms with Gasteiger partial charge in [-0.25, -0.2) is 15.0 Å². The fraction of sp³-hybridized carbons (Fsp3) is 0.652. The lowest BCUT2D eigenvalue weighted by Crippen LogP contribution is -2.52. The first-order valence-electron chi connectivity index (χ1n) is 11.9. The minimum atomic E-state index is 0.221. The molecule has 2 aliphatic heterocycles. The quantitative estimate of drug-likeness (QED) is 0.753. The molecule has 9 heteroatoms. The van der Waals surface area contributed by atoms with Crippen LogP contribution in [0.25, 0.3) is 11.3 Å². The van der Waals surface area contributed by atoms with Gasteiger partial charge in [-0.15, -0.1) is 0 Å². The summed E-state index contributed by atoms with van der Waals surface area (Å²) in [5.74, 6) is 2.00. The fourth-order valence-electron chi connectivity index (χ4n) is 4.75. The molecule has 2 atom stereocenters. The third-order valence-corrected chi connectivity index (χ3v) is 7.11. The maximum Gasteiger partial charge on any atom is 0.227 e. The first-order valence-corrected chi connectivity index (χ1v) is 11.9. The third-order valence-electron chi connectivity index (χ3n) is 7.11. The van der Waals surface area contributed by atoms with E-state index < -0.39 is 0 Å². The van der Waals surface area contributed by atoms with Crippen LogP contribution < -0.4 is 15.5 Å². The molecule has 0 bridgehead atoms. The lowest BCUT2D eigenvalue weighted by Gasteiger charge is -2.43. The number of piperazine rings is 1. The second kappa shape index (κ2) is 9.15. The molecule has 0 radical (unpaired) electrons. The first-order chi connectivity index (χ1) is 15.6. The zero-order valence-corrected chi connectivity index (χ0v) is 19.2. The summed E-state index contributed by atoms with van der Waals surface area (Å²) in [7, 11) is 0. The van der Waals surface area contributed by atoms with E-state index in [1.807, 2.05) is 0 Å². The summed E-state index contributed by atoms with van der Waals surface area (Å²) < 4.78 is 5.98. The van der Waals surface area contributed by atoms with Crippen LogP contribution in [-0.2, 0) is 4.74 Å². The van der Waals surface area contributed by atoms with E-state index in [2.05, 4.69) is 44.6 Å². The van der Waals surface area contributed by atoms with Gasteiger partial charge in [-0.1, -0.05) is 13.3 Å². The number of nitrogens with zero attached hydrogens (tertiary/aromatic N) is 7. The number of hydrogen-bond acceptors (Lipinski definition) is 9. The highest BCUT2D eigenvalue weighted by Crippen LogP contribution is 2.30. The molecule has 3 aliphatic rings. The Morgan fingerprint density at radius 1 is 1.09 bits per heavy atom. The van der Waals surface area contributed by atoms with Crippen molar-refractivity contribution in [2.45, 2.75) is 57.7 Å². The molecule has 2 aromatic rings. The largest absolute Gasteiger partial charge is 0.374 e. The van der Waals surface area contributed by atoms with Gasteiger partial charge in [0.1, 0.15) is 5.82 Å². The fourth-order valence-corrected chi connectivity index (χ4v) is 4.75. The second-order valence-electron chi connectivity index (χ2n) is 9.21. The molecule has 2 aromatic heterocycles. The third kappa shape index (κ3) is 4.36. The summed E-state index contributed by atoms with van der Waals surface area (Å²) in [6.07, 6.45) is 8.76. The molecule has 0 aromatic carbocycles. The van der Waals surface area contributed by atoms with Crippen molar-refractivity contribution in [1.29, 1.82) is 0 Å². The number of ether oxygens (including phenoxy) is 1. The van der Waals surface area contributed by atoms with Gasteiger partial charge in [-0.3, -0.25) is 4.90 Å². The highest BCUT2D eigenvalue weighted by Gasteiger charge is 2.30. The Hall–Kier alpha value is -2.52. The van der Waals surface area contributed by atoms with Crippen LogP contribution in [0.4, 0.5) is 17.7 Å². The number of morpholine rings is 1. The van der Waals surface area contributed by atoms with Crippen LogP contribution in [0, 0.1) is 0 Å². The number of hydrogen-bond donors (Lipinski definition) is 1. The molecule has 9 nitrogen and oxygen atoms in total. The molecule has 2 N–H and O–H groups in total. The average molecular weight is 439 g/mol. The summed E-state index contributed by atoms with van der Waals surface area (Å²) in [6.45, 7) is 9.95. The van der Waals surface area contributed by atoms with Crippen molar-refractivity contribution in [3.8, 4) is 11.3 Å². The van der Waals surface area contributed by atoms with Gasteiger partial charge >= 0.3 is 0 Å². The highest BCUT2D eigenvalue weighted by molar-refractivity contribution is 5.64. The van der Waals surface area contributed by atoms with E-state index in [-0.39, 0.29) is 18.1 Å². The Kier molecular flexibility index (Phi) is 6.10. The van der Waals surface area contributed by atoms with Gasteiger partial charge in [0.2, 0.25) is 11.9 Å². The molecule has 1 saturated carbocycles. The van der Waals surface area contributed by atoms with Gasteiger partial charge in [-0.05, 0) is 26.2 Å². The molecule has 172 valence electrons. The number of aromatic nitrogens is 4. The van der Waals surface area contributed by atoms with Crippen LogP contribution in [0.3, 0.4) is 0 Å². The van der Waals surface area contributed by atoms with Crippen LogP contribution in [0.2, 0.25) is 0 Å². The van der Waals surface area contributed by atoms with Crippen molar-refractivity contribution in [3.63, 3.8) is 0 Å². The van der Waals surface area contributed by atoms with Crippen molar-refractivity contribution in [3.05, 3.63) is 18.5 Å². The zero-order valence-electron chi connectivity index (χ0n) is 19.2. The van der Waals surface area contributed by atoms with Crippen LogP contribution in [0.1, 0.15) is 39.5 Å². The van der Waals surface area contributed by atoms with Gasteiger partial charge in [0.25, 0.3) is 0 Å². The summed E-state index contributed by atoms with van der Waals surface area (Å²) in [5, 5.41) is 0. The molecule has 3 fully saturated rings. The number of anilines is 3. The Balaban J connectivity index is 1.45. The normalized spacial score (nSPS) is 25.1. The van der Waals surface area contributed by atoms with Crippen LogP contribution in [-0.4, -0.2) is 82.4 Å². The Morgan fingerprint density at radius 2 is 1.84 bits per heavy atom. The minimum Gasteiger partial charge on any atom is -0.374 e. The van der Waals surface area contributed by atoms with Gasteiger partial charge in [0.15, 0.2) is 0 Å². The number of nitrogens with two attached hydrogens (primary N) is 1. The Bertz CT molecular complexity index is 911. The van der Waals surface area contributed by atoms with E-state index in [1.54, 1.807) is 12.4 Å². The van der Waals surface area contributed by atoms with E-state index in [0.29, 0.717) is 6.61 Å². The molecular weight excluding hydrogens is 404 g/mol. The smallest absolute Gasteiger partial charge is 0.227 e.